The molecule has 1 aromatic carbocycles. The van der Waals surface area contributed by atoms with E-state index in [1.807, 2.05) is 31.2 Å². The zero-order chi connectivity index (χ0) is 12.9. The fourth-order valence-corrected chi connectivity index (χ4v) is 2.46. The van der Waals surface area contributed by atoms with E-state index in [1.165, 1.54) is 9.87 Å². The lowest BCUT2D eigenvalue weighted by molar-refractivity contribution is 0.472. The molecule has 0 unspecified atom stereocenters. The third-order valence-corrected chi connectivity index (χ3v) is 4.57. The molecule has 0 spiro atoms. The Kier molecular flexibility index (Phi) is 5.11. The van der Waals surface area contributed by atoms with Crippen LogP contribution in [0.2, 0.25) is 0 Å². The van der Waals surface area contributed by atoms with Crippen molar-refractivity contribution in [1.29, 1.82) is 0 Å². The Morgan fingerprint density at radius 1 is 1.24 bits per heavy atom. The summed E-state index contributed by atoms with van der Waals surface area (Å²) in [6, 6.07) is 8.12. The minimum absolute atomic E-state index is 0.0113. The molecule has 5 heteroatoms. The average molecular weight is 256 g/mol. The predicted molar refractivity (Wildman–Crippen MR) is 70.4 cm³/mol. The summed E-state index contributed by atoms with van der Waals surface area (Å²) in [5, 5.41) is 0. The van der Waals surface area contributed by atoms with E-state index in [-0.39, 0.29) is 12.3 Å². The molecular weight excluding hydrogens is 236 g/mol. The predicted octanol–water partition coefficient (Wildman–Crippen LogP) is 0.758. The summed E-state index contributed by atoms with van der Waals surface area (Å²) in [5.74, 6) is 0.0113. The van der Waals surface area contributed by atoms with E-state index in [4.69, 9.17) is 5.73 Å². The molecule has 0 saturated heterocycles. The zero-order valence-electron chi connectivity index (χ0n) is 10.4. The molecule has 0 aliphatic carbocycles. The fraction of sp³-hybridized carbons (Fsp3) is 0.500. The van der Waals surface area contributed by atoms with Crippen molar-refractivity contribution in [2.75, 3.05) is 25.9 Å². The van der Waals surface area contributed by atoms with E-state index < -0.39 is 10.0 Å². The van der Waals surface area contributed by atoms with Crippen LogP contribution >= 0.6 is 0 Å². The van der Waals surface area contributed by atoms with Crippen molar-refractivity contribution in [3.8, 4) is 0 Å². The Balaban J connectivity index is 2.53. The first-order valence-corrected chi connectivity index (χ1v) is 7.26. The maximum absolute atomic E-state index is 11.7. The van der Waals surface area contributed by atoms with Gasteiger partial charge in [-0.3, -0.25) is 0 Å². The van der Waals surface area contributed by atoms with Crippen LogP contribution in [0.3, 0.4) is 0 Å². The van der Waals surface area contributed by atoms with Gasteiger partial charge in [-0.05, 0) is 18.9 Å². The van der Waals surface area contributed by atoms with Crippen LogP contribution in [0.4, 0.5) is 0 Å². The quantitative estimate of drug-likeness (QED) is 0.817. The van der Waals surface area contributed by atoms with E-state index >= 15 is 0 Å². The van der Waals surface area contributed by atoms with Crippen LogP contribution in [0.1, 0.15) is 11.1 Å². The summed E-state index contributed by atoms with van der Waals surface area (Å²) in [4.78, 5) is 0. The molecule has 0 saturated carbocycles. The second kappa shape index (κ2) is 6.14. The largest absolute Gasteiger partial charge is 0.329 e. The van der Waals surface area contributed by atoms with Crippen molar-refractivity contribution >= 4 is 10.0 Å². The van der Waals surface area contributed by atoms with Gasteiger partial charge in [0, 0.05) is 20.1 Å². The Morgan fingerprint density at radius 3 is 2.35 bits per heavy atom. The Labute approximate surface area is 103 Å². The van der Waals surface area contributed by atoms with Gasteiger partial charge in [-0.1, -0.05) is 29.8 Å². The van der Waals surface area contributed by atoms with E-state index in [1.54, 1.807) is 7.05 Å². The number of nitrogens with zero attached hydrogens (tertiary/aromatic N) is 1. The van der Waals surface area contributed by atoms with Crippen LogP contribution in [-0.2, 0) is 16.4 Å². The molecule has 0 radical (unpaired) electrons. The summed E-state index contributed by atoms with van der Waals surface area (Å²) < 4.78 is 24.7. The number of likely N-dealkylation sites (N-methyl/N-ethyl adjacent to an activating group) is 1. The van der Waals surface area contributed by atoms with Gasteiger partial charge in [-0.15, -0.1) is 0 Å². The van der Waals surface area contributed by atoms with Gasteiger partial charge in [0.1, 0.15) is 0 Å². The van der Waals surface area contributed by atoms with E-state index in [9.17, 15) is 8.42 Å². The molecule has 2 N–H and O–H groups in total. The topological polar surface area (TPSA) is 63.4 Å². The monoisotopic (exact) mass is 256 g/mol. The van der Waals surface area contributed by atoms with Gasteiger partial charge < -0.3 is 5.73 Å². The van der Waals surface area contributed by atoms with Crippen molar-refractivity contribution in [2.45, 2.75) is 13.3 Å². The second-order valence-electron chi connectivity index (χ2n) is 4.16. The highest BCUT2D eigenvalue weighted by atomic mass is 32.2. The number of hydrogen-bond donors (Lipinski definition) is 1. The van der Waals surface area contributed by atoms with Gasteiger partial charge >= 0.3 is 0 Å². The number of sulfonamides is 1. The summed E-state index contributed by atoms with van der Waals surface area (Å²) in [6.07, 6.45) is 0.723. The number of nitrogens with two attached hydrogens (primary N) is 1. The number of hydrogen-bond acceptors (Lipinski definition) is 3. The minimum Gasteiger partial charge on any atom is -0.329 e. The highest BCUT2D eigenvalue weighted by molar-refractivity contribution is 7.89. The number of aryl methyl sites for hydroxylation is 1. The SMILES string of the molecule is Cc1ccc(CCN(C)S(=O)(=O)CCN)cc1. The average Bonchev–Trinajstić information content (AvgIpc) is 2.27. The van der Waals surface area contributed by atoms with Gasteiger partial charge in [-0.25, -0.2) is 12.7 Å². The smallest absolute Gasteiger partial charge is 0.215 e. The normalized spacial score (nSPS) is 12.0. The van der Waals surface area contributed by atoms with E-state index in [0.717, 1.165) is 12.0 Å². The van der Waals surface area contributed by atoms with Crippen molar-refractivity contribution in [3.05, 3.63) is 35.4 Å². The summed E-state index contributed by atoms with van der Waals surface area (Å²) in [5.41, 5.74) is 7.62. The van der Waals surface area contributed by atoms with Crippen molar-refractivity contribution < 1.29 is 8.42 Å². The first-order valence-electron chi connectivity index (χ1n) is 5.65. The second-order valence-corrected chi connectivity index (χ2v) is 6.36. The first kappa shape index (κ1) is 14.2. The molecule has 0 fully saturated rings. The van der Waals surface area contributed by atoms with E-state index in [0.29, 0.717) is 6.54 Å². The van der Waals surface area contributed by atoms with Crippen molar-refractivity contribution in [3.63, 3.8) is 0 Å². The Morgan fingerprint density at radius 2 is 1.82 bits per heavy atom. The van der Waals surface area contributed by atoms with Crippen LogP contribution in [0, 0.1) is 6.92 Å². The summed E-state index contributed by atoms with van der Waals surface area (Å²) >= 11 is 0. The lowest BCUT2D eigenvalue weighted by Crippen LogP contribution is -2.33. The van der Waals surface area contributed by atoms with Gasteiger partial charge in [0.15, 0.2) is 0 Å². The van der Waals surface area contributed by atoms with Crippen LogP contribution < -0.4 is 5.73 Å². The highest BCUT2D eigenvalue weighted by Crippen LogP contribution is 2.06. The van der Waals surface area contributed by atoms with Crippen LogP contribution in [0.15, 0.2) is 24.3 Å². The zero-order valence-corrected chi connectivity index (χ0v) is 11.2. The van der Waals surface area contributed by atoms with Gasteiger partial charge in [-0.2, -0.15) is 0 Å². The molecule has 17 heavy (non-hydrogen) atoms. The molecule has 0 aliphatic rings. The molecular formula is C12H20N2O2S. The lowest BCUT2D eigenvalue weighted by Gasteiger charge is -2.16. The molecule has 0 atom stereocenters. The Bertz CT molecular complexity index is 440. The summed E-state index contributed by atoms with van der Waals surface area (Å²) in [7, 11) is -1.58. The molecule has 0 bridgehead atoms. The molecule has 96 valence electrons. The molecule has 0 aliphatic heterocycles. The summed E-state index contributed by atoms with van der Waals surface area (Å²) in [6.45, 7) is 2.68. The third-order valence-electron chi connectivity index (χ3n) is 2.69. The van der Waals surface area contributed by atoms with Crippen molar-refractivity contribution in [2.24, 2.45) is 5.73 Å². The van der Waals surface area contributed by atoms with E-state index in [2.05, 4.69) is 0 Å². The molecule has 4 nitrogen and oxygen atoms in total. The van der Waals surface area contributed by atoms with Gasteiger partial charge in [0.05, 0.1) is 5.75 Å². The molecule has 1 aromatic rings. The maximum atomic E-state index is 11.7. The molecule has 1 rings (SSSR count). The Hall–Kier alpha value is -0.910. The van der Waals surface area contributed by atoms with Crippen molar-refractivity contribution in [1.82, 2.24) is 4.31 Å². The lowest BCUT2D eigenvalue weighted by atomic mass is 10.1. The highest BCUT2D eigenvalue weighted by Gasteiger charge is 2.15. The maximum Gasteiger partial charge on any atom is 0.215 e. The standard InChI is InChI=1S/C12H20N2O2S/c1-11-3-5-12(6-4-11)7-9-14(2)17(15,16)10-8-13/h3-6H,7-10,13H2,1-2H3. The van der Waals surface area contributed by atoms with Crippen LogP contribution in [0.25, 0.3) is 0 Å². The van der Waals surface area contributed by atoms with Gasteiger partial charge in [0.25, 0.3) is 0 Å². The number of benzene rings is 1. The van der Waals surface area contributed by atoms with Crippen LogP contribution in [0.5, 0.6) is 0 Å². The molecule has 0 aromatic heterocycles. The first-order chi connectivity index (χ1) is 7.95. The van der Waals surface area contributed by atoms with Crippen LogP contribution in [-0.4, -0.2) is 38.6 Å². The van der Waals surface area contributed by atoms with Gasteiger partial charge in [0.2, 0.25) is 10.0 Å². The number of rotatable bonds is 6. The molecule has 0 amide bonds. The molecule has 0 heterocycles. The third kappa shape index (κ3) is 4.46. The fourth-order valence-electron chi connectivity index (χ4n) is 1.49. The minimum atomic E-state index is -3.18.